The monoisotopic (exact) mass is 168 g/mol. The second-order valence-corrected chi connectivity index (χ2v) is 2.87. The Kier molecular flexibility index (Phi) is 2.39. The Labute approximate surface area is 71.1 Å². The van der Waals surface area contributed by atoms with Crippen LogP contribution in [0.4, 0.5) is 0 Å². The smallest absolute Gasteiger partial charge is 0.150 e. The van der Waals surface area contributed by atoms with E-state index in [1.165, 1.54) is 0 Å². The Morgan fingerprint density at radius 1 is 1.42 bits per heavy atom. The molecule has 1 aromatic rings. The largest absolute Gasteiger partial charge is 0.379 e. The van der Waals surface area contributed by atoms with Crippen LogP contribution in [-0.4, -0.2) is 36.4 Å². The number of nitrogens with zero attached hydrogens (tertiary/aromatic N) is 2. The van der Waals surface area contributed by atoms with Gasteiger partial charge < -0.3 is 9.26 Å². The maximum Gasteiger partial charge on any atom is 0.150 e. The van der Waals surface area contributed by atoms with Crippen molar-refractivity contribution in [3.8, 4) is 0 Å². The topological polar surface area (TPSA) is 38.5 Å². The van der Waals surface area contributed by atoms with E-state index in [2.05, 4.69) is 10.1 Å². The first-order valence-electron chi connectivity index (χ1n) is 4.15. The second-order valence-electron chi connectivity index (χ2n) is 2.87. The molecule has 4 heteroatoms. The van der Waals surface area contributed by atoms with Gasteiger partial charge in [0, 0.05) is 19.2 Å². The summed E-state index contributed by atoms with van der Waals surface area (Å²) in [5.41, 5.74) is 0. The van der Waals surface area contributed by atoms with Crippen LogP contribution < -0.4 is 0 Å². The normalized spacial score (nSPS) is 19.7. The van der Waals surface area contributed by atoms with Gasteiger partial charge in [0.15, 0.2) is 5.76 Å². The van der Waals surface area contributed by atoms with Crippen LogP contribution >= 0.6 is 0 Å². The minimum atomic E-state index is 0.828. The molecule has 66 valence electrons. The van der Waals surface area contributed by atoms with Gasteiger partial charge in [0.1, 0.15) is 0 Å². The molecule has 0 unspecified atom stereocenters. The van der Waals surface area contributed by atoms with Gasteiger partial charge in [-0.2, -0.15) is 0 Å². The summed E-state index contributed by atoms with van der Waals surface area (Å²) in [7, 11) is 0. The molecule has 0 atom stereocenters. The fraction of sp³-hybridized carbons (Fsp3) is 0.625. The first-order chi connectivity index (χ1) is 5.95. The molecule has 12 heavy (non-hydrogen) atoms. The Balaban J connectivity index is 1.86. The molecule has 0 radical (unpaired) electrons. The van der Waals surface area contributed by atoms with Crippen molar-refractivity contribution in [3.63, 3.8) is 0 Å². The lowest BCUT2D eigenvalue weighted by molar-refractivity contribution is 0.0305. The third-order valence-corrected chi connectivity index (χ3v) is 1.97. The molecule has 1 fully saturated rings. The average Bonchev–Trinajstić information content (AvgIpc) is 2.59. The Bertz CT molecular complexity index is 217. The molecule has 0 N–H and O–H groups in total. The molecular formula is C8H12N2O2. The van der Waals surface area contributed by atoms with E-state index < -0.39 is 0 Å². The van der Waals surface area contributed by atoms with Crippen LogP contribution in [0.5, 0.6) is 0 Å². The fourth-order valence-electron chi connectivity index (χ4n) is 1.30. The summed E-state index contributed by atoms with van der Waals surface area (Å²) in [5, 5.41) is 3.65. The van der Waals surface area contributed by atoms with E-state index >= 15 is 0 Å². The molecule has 0 aliphatic carbocycles. The van der Waals surface area contributed by atoms with Crippen molar-refractivity contribution in [1.29, 1.82) is 0 Å². The van der Waals surface area contributed by atoms with E-state index in [1.807, 2.05) is 6.07 Å². The van der Waals surface area contributed by atoms with E-state index in [1.54, 1.807) is 6.20 Å². The van der Waals surface area contributed by atoms with Gasteiger partial charge in [-0.25, -0.2) is 0 Å². The van der Waals surface area contributed by atoms with Crippen LogP contribution in [0.25, 0.3) is 0 Å². The summed E-state index contributed by atoms with van der Waals surface area (Å²) in [6.45, 7) is 4.48. The number of aromatic nitrogens is 1. The van der Waals surface area contributed by atoms with Crippen molar-refractivity contribution in [2.75, 3.05) is 26.3 Å². The van der Waals surface area contributed by atoms with Crippen molar-refractivity contribution in [2.24, 2.45) is 0 Å². The maximum absolute atomic E-state index is 5.23. The van der Waals surface area contributed by atoms with Crippen molar-refractivity contribution in [3.05, 3.63) is 18.0 Å². The molecule has 1 aromatic heterocycles. The highest BCUT2D eigenvalue weighted by atomic mass is 16.5. The fourth-order valence-corrected chi connectivity index (χ4v) is 1.30. The molecule has 1 saturated heterocycles. The van der Waals surface area contributed by atoms with Crippen LogP contribution in [-0.2, 0) is 11.3 Å². The van der Waals surface area contributed by atoms with Gasteiger partial charge in [-0.1, -0.05) is 5.16 Å². The number of rotatable bonds is 2. The molecule has 2 rings (SSSR count). The van der Waals surface area contributed by atoms with Gasteiger partial charge in [0.05, 0.1) is 26.0 Å². The minimum Gasteiger partial charge on any atom is -0.379 e. The Morgan fingerprint density at radius 3 is 2.92 bits per heavy atom. The van der Waals surface area contributed by atoms with E-state index in [0.29, 0.717) is 0 Å². The first kappa shape index (κ1) is 7.76. The summed E-state index contributed by atoms with van der Waals surface area (Å²) < 4.78 is 10.2. The highest BCUT2D eigenvalue weighted by Crippen LogP contribution is 2.05. The Morgan fingerprint density at radius 2 is 2.25 bits per heavy atom. The van der Waals surface area contributed by atoms with Gasteiger partial charge in [0.2, 0.25) is 0 Å². The quantitative estimate of drug-likeness (QED) is 0.644. The Hall–Kier alpha value is -0.870. The predicted molar refractivity (Wildman–Crippen MR) is 42.6 cm³/mol. The molecule has 4 nitrogen and oxygen atoms in total. The zero-order valence-corrected chi connectivity index (χ0v) is 6.90. The molecule has 0 amide bonds. The molecule has 0 aromatic carbocycles. The van der Waals surface area contributed by atoms with E-state index in [0.717, 1.165) is 38.6 Å². The summed E-state index contributed by atoms with van der Waals surface area (Å²) in [6, 6.07) is 1.90. The zero-order valence-electron chi connectivity index (χ0n) is 6.90. The average molecular weight is 168 g/mol. The van der Waals surface area contributed by atoms with Crippen LogP contribution in [0.1, 0.15) is 5.76 Å². The SMILES string of the molecule is c1cc(CN2CCOCC2)on1. The summed E-state index contributed by atoms with van der Waals surface area (Å²) >= 11 is 0. The molecule has 1 aliphatic rings. The van der Waals surface area contributed by atoms with E-state index in [-0.39, 0.29) is 0 Å². The summed E-state index contributed by atoms with van der Waals surface area (Å²) in [4.78, 5) is 2.30. The molecule has 2 heterocycles. The predicted octanol–water partition coefficient (Wildman–Crippen LogP) is 0.507. The first-order valence-corrected chi connectivity index (χ1v) is 4.15. The minimum absolute atomic E-state index is 0.828. The van der Waals surface area contributed by atoms with Gasteiger partial charge in [-0.05, 0) is 0 Å². The molecule has 0 spiro atoms. The van der Waals surface area contributed by atoms with Crippen molar-refractivity contribution < 1.29 is 9.26 Å². The lowest BCUT2D eigenvalue weighted by Crippen LogP contribution is -2.35. The van der Waals surface area contributed by atoms with Crippen LogP contribution in [0, 0.1) is 0 Å². The number of hydrogen-bond donors (Lipinski definition) is 0. The second kappa shape index (κ2) is 3.69. The van der Waals surface area contributed by atoms with E-state index in [9.17, 15) is 0 Å². The molecule has 1 aliphatic heterocycles. The zero-order chi connectivity index (χ0) is 8.23. The lowest BCUT2D eigenvalue weighted by atomic mass is 10.3. The van der Waals surface area contributed by atoms with Crippen LogP contribution in [0.15, 0.2) is 16.8 Å². The highest BCUT2D eigenvalue weighted by Gasteiger charge is 2.11. The third kappa shape index (κ3) is 1.84. The van der Waals surface area contributed by atoms with Gasteiger partial charge in [-0.15, -0.1) is 0 Å². The van der Waals surface area contributed by atoms with Crippen LogP contribution in [0.2, 0.25) is 0 Å². The van der Waals surface area contributed by atoms with Crippen molar-refractivity contribution >= 4 is 0 Å². The number of morpholine rings is 1. The standard InChI is InChI=1S/C8H12N2O2/c1-2-9-12-8(1)7-10-3-5-11-6-4-10/h1-2H,3-7H2. The van der Waals surface area contributed by atoms with Gasteiger partial charge in [-0.3, -0.25) is 4.90 Å². The number of hydrogen-bond acceptors (Lipinski definition) is 4. The summed E-state index contributed by atoms with van der Waals surface area (Å²) in [6.07, 6.45) is 1.68. The van der Waals surface area contributed by atoms with Crippen LogP contribution in [0.3, 0.4) is 0 Å². The van der Waals surface area contributed by atoms with E-state index in [4.69, 9.17) is 9.26 Å². The summed E-state index contributed by atoms with van der Waals surface area (Å²) in [5.74, 6) is 0.928. The van der Waals surface area contributed by atoms with Crippen molar-refractivity contribution in [1.82, 2.24) is 10.1 Å². The lowest BCUT2D eigenvalue weighted by Gasteiger charge is -2.25. The highest BCUT2D eigenvalue weighted by molar-refractivity contribution is 4.92. The van der Waals surface area contributed by atoms with Gasteiger partial charge in [0.25, 0.3) is 0 Å². The molecule has 0 saturated carbocycles. The number of ether oxygens (including phenoxy) is 1. The molecular weight excluding hydrogens is 156 g/mol. The van der Waals surface area contributed by atoms with Crippen molar-refractivity contribution in [2.45, 2.75) is 6.54 Å². The maximum atomic E-state index is 5.23. The van der Waals surface area contributed by atoms with Gasteiger partial charge >= 0.3 is 0 Å². The third-order valence-electron chi connectivity index (χ3n) is 1.97. The molecule has 0 bridgehead atoms.